The first-order valence-corrected chi connectivity index (χ1v) is 8.05. The van der Waals surface area contributed by atoms with Gasteiger partial charge in [-0.05, 0) is 35.9 Å². The van der Waals surface area contributed by atoms with Crippen LogP contribution in [0.5, 0.6) is 0 Å². The van der Waals surface area contributed by atoms with Crippen LogP contribution in [0.1, 0.15) is 5.56 Å². The van der Waals surface area contributed by atoms with Crippen LogP contribution in [-0.4, -0.2) is 48.3 Å². The van der Waals surface area contributed by atoms with Crippen molar-refractivity contribution >= 4 is 5.69 Å². The summed E-state index contributed by atoms with van der Waals surface area (Å²) in [5.74, 6) is -0.188. The van der Waals surface area contributed by atoms with E-state index < -0.39 is 0 Å². The maximum atomic E-state index is 13.5. The Balaban J connectivity index is 1.50. The Hall–Kier alpha value is -1.98. The van der Waals surface area contributed by atoms with Crippen LogP contribution in [0, 0.1) is 5.82 Å². The molecular formula is C18H20FN3O. The summed E-state index contributed by atoms with van der Waals surface area (Å²) >= 11 is 0. The Morgan fingerprint density at radius 3 is 2.87 bits per heavy atom. The molecule has 1 aromatic carbocycles. The molecule has 0 aliphatic carbocycles. The van der Waals surface area contributed by atoms with Gasteiger partial charge in [0.2, 0.25) is 0 Å². The topological polar surface area (TPSA) is 28.6 Å². The standard InChI is InChI=1S/C18H20FN3O/c19-15-2-1-3-16(10-15)22-12-17-18(13-22)23-9-8-21(17)11-14-4-6-20-7-5-14/h1-7,10,17-18H,8-9,11-13H2/t17-,18+/m1/s1. The van der Waals surface area contributed by atoms with Gasteiger partial charge in [0, 0.05) is 44.3 Å². The van der Waals surface area contributed by atoms with E-state index in [1.807, 2.05) is 18.5 Å². The normalized spacial score (nSPS) is 24.7. The molecule has 5 heteroatoms. The Kier molecular flexibility index (Phi) is 3.97. The van der Waals surface area contributed by atoms with E-state index in [1.165, 1.54) is 11.6 Å². The fraction of sp³-hybridized carbons (Fsp3) is 0.389. The molecule has 0 N–H and O–H groups in total. The smallest absolute Gasteiger partial charge is 0.125 e. The zero-order valence-electron chi connectivity index (χ0n) is 12.9. The van der Waals surface area contributed by atoms with Gasteiger partial charge in [0.15, 0.2) is 0 Å². The number of hydrogen-bond donors (Lipinski definition) is 0. The minimum atomic E-state index is -0.188. The number of hydrogen-bond acceptors (Lipinski definition) is 4. The molecule has 0 amide bonds. The first-order valence-electron chi connectivity index (χ1n) is 8.05. The summed E-state index contributed by atoms with van der Waals surface area (Å²) in [6.45, 7) is 4.29. The largest absolute Gasteiger partial charge is 0.373 e. The van der Waals surface area contributed by atoms with E-state index in [0.29, 0.717) is 6.04 Å². The van der Waals surface area contributed by atoms with Crippen LogP contribution in [0.4, 0.5) is 10.1 Å². The molecule has 2 aliphatic heterocycles. The van der Waals surface area contributed by atoms with E-state index in [0.717, 1.165) is 38.5 Å². The number of aromatic nitrogens is 1. The van der Waals surface area contributed by atoms with E-state index >= 15 is 0 Å². The van der Waals surface area contributed by atoms with Gasteiger partial charge in [0.25, 0.3) is 0 Å². The molecule has 0 spiro atoms. The van der Waals surface area contributed by atoms with Crippen molar-refractivity contribution < 1.29 is 9.13 Å². The van der Waals surface area contributed by atoms with Crippen molar-refractivity contribution in [3.8, 4) is 0 Å². The van der Waals surface area contributed by atoms with Gasteiger partial charge in [0.1, 0.15) is 5.82 Å². The molecule has 120 valence electrons. The number of anilines is 1. The second-order valence-corrected chi connectivity index (χ2v) is 6.19. The zero-order chi connectivity index (χ0) is 15.6. The van der Waals surface area contributed by atoms with Gasteiger partial charge in [-0.25, -0.2) is 4.39 Å². The number of ether oxygens (including phenoxy) is 1. The third-order valence-electron chi connectivity index (χ3n) is 4.72. The summed E-state index contributed by atoms with van der Waals surface area (Å²) < 4.78 is 19.4. The Morgan fingerprint density at radius 2 is 2.04 bits per heavy atom. The molecule has 23 heavy (non-hydrogen) atoms. The molecule has 0 unspecified atom stereocenters. The van der Waals surface area contributed by atoms with Gasteiger partial charge >= 0.3 is 0 Å². The summed E-state index contributed by atoms with van der Waals surface area (Å²) in [4.78, 5) is 8.78. The predicted molar refractivity (Wildman–Crippen MR) is 86.8 cm³/mol. The molecule has 2 saturated heterocycles. The Bertz CT molecular complexity index is 666. The molecule has 2 fully saturated rings. The molecule has 2 atom stereocenters. The highest BCUT2D eigenvalue weighted by Crippen LogP contribution is 2.28. The third-order valence-corrected chi connectivity index (χ3v) is 4.72. The van der Waals surface area contributed by atoms with Gasteiger partial charge in [-0.2, -0.15) is 0 Å². The minimum absolute atomic E-state index is 0.188. The highest BCUT2D eigenvalue weighted by Gasteiger charge is 2.40. The van der Waals surface area contributed by atoms with Crippen molar-refractivity contribution in [2.24, 2.45) is 0 Å². The van der Waals surface area contributed by atoms with Gasteiger partial charge < -0.3 is 9.64 Å². The zero-order valence-corrected chi connectivity index (χ0v) is 12.9. The number of nitrogens with zero attached hydrogens (tertiary/aromatic N) is 3. The molecule has 4 nitrogen and oxygen atoms in total. The van der Waals surface area contributed by atoms with Gasteiger partial charge in [-0.1, -0.05) is 6.07 Å². The van der Waals surface area contributed by atoms with Crippen LogP contribution in [0.3, 0.4) is 0 Å². The molecule has 0 radical (unpaired) electrons. The second kappa shape index (κ2) is 6.26. The van der Waals surface area contributed by atoms with Crippen molar-refractivity contribution in [3.05, 3.63) is 60.2 Å². The van der Waals surface area contributed by atoms with Crippen molar-refractivity contribution in [1.82, 2.24) is 9.88 Å². The first kappa shape index (κ1) is 14.6. The van der Waals surface area contributed by atoms with E-state index in [4.69, 9.17) is 4.74 Å². The summed E-state index contributed by atoms with van der Waals surface area (Å²) in [5.41, 5.74) is 2.21. The average molecular weight is 313 g/mol. The SMILES string of the molecule is Fc1cccc(N2C[C@@H]3OCCN(Cc4ccncc4)[C@@H]3C2)c1. The number of morpholine rings is 1. The third kappa shape index (κ3) is 3.07. The maximum Gasteiger partial charge on any atom is 0.125 e. The highest BCUT2D eigenvalue weighted by molar-refractivity contribution is 5.48. The number of halogens is 1. The fourth-order valence-corrected chi connectivity index (χ4v) is 3.56. The number of pyridine rings is 1. The van der Waals surface area contributed by atoms with E-state index in [1.54, 1.807) is 12.1 Å². The van der Waals surface area contributed by atoms with Crippen molar-refractivity contribution in [3.63, 3.8) is 0 Å². The molecule has 2 aromatic rings. The van der Waals surface area contributed by atoms with Gasteiger partial charge in [-0.15, -0.1) is 0 Å². The molecule has 2 aliphatic rings. The van der Waals surface area contributed by atoms with Crippen LogP contribution in [-0.2, 0) is 11.3 Å². The van der Waals surface area contributed by atoms with Crippen LogP contribution in [0.2, 0.25) is 0 Å². The van der Waals surface area contributed by atoms with Gasteiger partial charge in [0.05, 0.1) is 18.8 Å². The lowest BCUT2D eigenvalue weighted by Crippen LogP contribution is -2.50. The highest BCUT2D eigenvalue weighted by atomic mass is 19.1. The minimum Gasteiger partial charge on any atom is -0.373 e. The summed E-state index contributed by atoms with van der Waals surface area (Å²) in [7, 11) is 0. The van der Waals surface area contributed by atoms with Crippen LogP contribution >= 0.6 is 0 Å². The van der Waals surface area contributed by atoms with Crippen LogP contribution < -0.4 is 4.90 Å². The molecule has 0 bridgehead atoms. The maximum absolute atomic E-state index is 13.5. The Labute approximate surface area is 135 Å². The van der Waals surface area contributed by atoms with Crippen molar-refractivity contribution in [1.29, 1.82) is 0 Å². The quantitative estimate of drug-likeness (QED) is 0.869. The molecule has 3 heterocycles. The molecular weight excluding hydrogens is 293 g/mol. The summed E-state index contributed by atoms with van der Waals surface area (Å²) in [5, 5.41) is 0. The number of rotatable bonds is 3. The molecule has 0 saturated carbocycles. The number of benzene rings is 1. The molecule has 4 rings (SSSR count). The molecule has 1 aromatic heterocycles. The average Bonchev–Trinajstić information content (AvgIpc) is 3.01. The van der Waals surface area contributed by atoms with Crippen LogP contribution in [0.25, 0.3) is 0 Å². The van der Waals surface area contributed by atoms with Crippen LogP contribution in [0.15, 0.2) is 48.8 Å². The lowest BCUT2D eigenvalue weighted by Gasteiger charge is -2.36. The monoisotopic (exact) mass is 313 g/mol. The van der Waals surface area contributed by atoms with Gasteiger partial charge in [-0.3, -0.25) is 9.88 Å². The lowest BCUT2D eigenvalue weighted by atomic mass is 10.1. The summed E-state index contributed by atoms with van der Waals surface area (Å²) in [6, 6.07) is 11.3. The predicted octanol–water partition coefficient (Wildman–Crippen LogP) is 2.31. The Morgan fingerprint density at radius 1 is 1.17 bits per heavy atom. The fourth-order valence-electron chi connectivity index (χ4n) is 3.56. The van der Waals surface area contributed by atoms with E-state index in [9.17, 15) is 4.39 Å². The number of fused-ring (bicyclic) bond motifs is 1. The second-order valence-electron chi connectivity index (χ2n) is 6.19. The van der Waals surface area contributed by atoms with E-state index in [-0.39, 0.29) is 11.9 Å². The van der Waals surface area contributed by atoms with E-state index in [2.05, 4.69) is 26.9 Å². The van der Waals surface area contributed by atoms with Crippen molar-refractivity contribution in [2.45, 2.75) is 18.7 Å². The first-order chi connectivity index (χ1) is 11.3. The lowest BCUT2D eigenvalue weighted by molar-refractivity contribution is -0.0499. The summed E-state index contributed by atoms with van der Waals surface area (Å²) in [6.07, 6.45) is 3.86. The van der Waals surface area contributed by atoms with Crippen molar-refractivity contribution in [2.75, 3.05) is 31.1 Å².